The van der Waals surface area contributed by atoms with Crippen LogP contribution in [0, 0.1) is 0 Å². The predicted octanol–water partition coefficient (Wildman–Crippen LogP) is 4.68. The van der Waals surface area contributed by atoms with E-state index in [1.807, 2.05) is 18.2 Å². The summed E-state index contributed by atoms with van der Waals surface area (Å²) in [5, 5.41) is 0.285. The van der Waals surface area contributed by atoms with Crippen molar-refractivity contribution in [1.29, 1.82) is 0 Å². The second kappa shape index (κ2) is 7.51. The van der Waals surface area contributed by atoms with Gasteiger partial charge in [-0.05, 0) is 42.7 Å². The summed E-state index contributed by atoms with van der Waals surface area (Å²) in [6, 6.07) is 10.0. The third kappa shape index (κ3) is 3.51. The molecule has 0 radical (unpaired) electrons. The lowest BCUT2D eigenvalue weighted by molar-refractivity contribution is 0.296. The van der Waals surface area contributed by atoms with E-state index in [2.05, 4.69) is 0 Å². The highest BCUT2D eigenvalue weighted by atomic mass is 35.5. The minimum atomic E-state index is -3.77. The third-order valence-corrected chi connectivity index (χ3v) is 7.74. The lowest BCUT2D eigenvalue weighted by Crippen LogP contribution is -2.31. The van der Waals surface area contributed by atoms with Crippen LogP contribution in [0.4, 0.5) is 0 Å². The molecule has 0 spiro atoms. The second-order valence-corrected chi connectivity index (χ2v) is 9.23. The Bertz CT molecular complexity index is 964. The van der Waals surface area contributed by atoms with Gasteiger partial charge in [0.15, 0.2) is 11.5 Å². The molecule has 144 valence electrons. The molecular weight excluding hydrogens is 409 g/mol. The quantitative estimate of drug-likeness (QED) is 0.713. The van der Waals surface area contributed by atoms with Crippen LogP contribution in [0.5, 0.6) is 11.5 Å². The van der Waals surface area contributed by atoms with Crippen LogP contribution in [0.3, 0.4) is 0 Å². The van der Waals surface area contributed by atoms with E-state index in [4.69, 9.17) is 32.7 Å². The lowest BCUT2D eigenvalue weighted by atomic mass is 10.0. The van der Waals surface area contributed by atoms with Crippen molar-refractivity contribution < 1.29 is 17.9 Å². The van der Waals surface area contributed by atoms with E-state index < -0.39 is 10.0 Å². The number of halogens is 2. The molecule has 1 saturated heterocycles. The molecule has 0 unspecified atom stereocenters. The van der Waals surface area contributed by atoms with Gasteiger partial charge in [-0.25, -0.2) is 8.42 Å². The Morgan fingerprint density at radius 2 is 1.78 bits per heavy atom. The van der Waals surface area contributed by atoms with Crippen LogP contribution < -0.4 is 9.47 Å². The summed E-state index contributed by atoms with van der Waals surface area (Å²) < 4.78 is 39.5. The zero-order valence-corrected chi connectivity index (χ0v) is 16.9. The molecule has 0 aromatic heterocycles. The summed E-state index contributed by atoms with van der Waals surface area (Å²) in [5.74, 6) is 1.36. The molecule has 0 bridgehead atoms. The van der Waals surface area contributed by atoms with Crippen LogP contribution >= 0.6 is 23.2 Å². The van der Waals surface area contributed by atoms with E-state index in [1.165, 1.54) is 10.4 Å². The molecule has 2 heterocycles. The summed E-state index contributed by atoms with van der Waals surface area (Å²) in [5.41, 5.74) is 0.887. The zero-order valence-electron chi connectivity index (χ0n) is 14.5. The number of nitrogens with zero attached hydrogens (tertiary/aromatic N) is 1. The molecular formula is C19H19Cl2NO4S. The smallest absolute Gasteiger partial charge is 0.245 e. The van der Waals surface area contributed by atoms with Gasteiger partial charge >= 0.3 is 0 Å². The Balaban J connectivity index is 1.70. The first-order chi connectivity index (χ1) is 13.0. The molecule has 1 fully saturated rings. The highest BCUT2D eigenvalue weighted by molar-refractivity contribution is 7.89. The molecule has 2 aliphatic heterocycles. The van der Waals surface area contributed by atoms with Gasteiger partial charge < -0.3 is 9.47 Å². The SMILES string of the molecule is O=S(=O)(c1cccc(Cl)c1Cl)N1CCC[C@@H]1c1ccc2c(c1)OCCCO2. The van der Waals surface area contributed by atoms with E-state index in [0.717, 1.165) is 24.8 Å². The molecule has 4 rings (SSSR count). The van der Waals surface area contributed by atoms with Gasteiger partial charge in [0, 0.05) is 13.0 Å². The first kappa shape index (κ1) is 18.9. The summed E-state index contributed by atoms with van der Waals surface area (Å²) in [6.45, 7) is 1.63. The summed E-state index contributed by atoms with van der Waals surface area (Å²) in [7, 11) is -3.77. The fourth-order valence-electron chi connectivity index (χ4n) is 3.56. The van der Waals surface area contributed by atoms with Crippen molar-refractivity contribution in [2.24, 2.45) is 0 Å². The van der Waals surface area contributed by atoms with E-state index in [1.54, 1.807) is 12.1 Å². The van der Waals surface area contributed by atoms with Crippen molar-refractivity contribution in [2.45, 2.75) is 30.2 Å². The van der Waals surface area contributed by atoms with Crippen molar-refractivity contribution >= 4 is 33.2 Å². The van der Waals surface area contributed by atoms with Gasteiger partial charge in [-0.15, -0.1) is 0 Å². The van der Waals surface area contributed by atoms with Gasteiger partial charge in [0.2, 0.25) is 10.0 Å². The number of ether oxygens (including phenoxy) is 2. The maximum atomic E-state index is 13.3. The first-order valence-electron chi connectivity index (χ1n) is 8.84. The molecule has 2 aromatic carbocycles. The number of fused-ring (bicyclic) bond motifs is 1. The minimum absolute atomic E-state index is 0.0397. The number of benzene rings is 2. The fraction of sp³-hybridized carbons (Fsp3) is 0.368. The van der Waals surface area contributed by atoms with Crippen molar-refractivity contribution in [3.8, 4) is 11.5 Å². The van der Waals surface area contributed by atoms with Gasteiger partial charge in [0.05, 0.1) is 29.3 Å². The molecule has 0 amide bonds. The molecule has 27 heavy (non-hydrogen) atoms. The highest BCUT2D eigenvalue weighted by Crippen LogP contribution is 2.42. The number of hydrogen-bond donors (Lipinski definition) is 0. The van der Waals surface area contributed by atoms with Crippen molar-refractivity contribution in [2.75, 3.05) is 19.8 Å². The monoisotopic (exact) mass is 427 g/mol. The molecule has 0 aliphatic carbocycles. The van der Waals surface area contributed by atoms with Gasteiger partial charge in [0.1, 0.15) is 4.90 Å². The fourth-order valence-corrected chi connectivity index (χ4v) is 5.98. The van der Waals surface area contributed by atoms with Crippen molar-refractivity contribution in [3.05, 3.63) is 52.0 Å². The van der Waals surface area contributed by atoms with Crippen molar-refractivity contribution in [1.82, 2.24) is 4.31 Å². The third-order valence-electron chi connectivity index (χ3n) is 4.86. The average molecular weight is 428 g/mol. The van der Waals surface area contributed by atoms with Crippen LogP contribution in [0.2, 0.25) is 10.0 Å². The average Bonchev–Trinajstić information content (AvgIpc) is 3.04. The summed E-state index contributed by atoms with van der Waals surface area (Å²) in [6.07, 6.45) is 2.33. The Morgan fingerprint density at radius 3 is 2.59 bits per heavy atom. The van der Waals surface area contributed by atoms with Crippen LogP contribution in [-0.4, -0.2) is 32.5 Å². The van der Waals surface area contributed by atoms with Crippen LogP contribution in [0.15, 0.2) is 41.3 Å². The Kier molecular flexibility index (Phi) is 5.25. The maximum Gasteiger partial charge on any atom is 0.245 e. The minimum Gasteiger partial charge on any atom is -0.490 e. The molecule has 2 aliphatic rings. The Morgan fingerprint density at radius 1 is 1.00 bits per heavy atom. The van der Waals surface area contributed by atoms with Crippen molar-refractivity contribution in [3.63, 3.8) is 0 Å². The standard InChI is InChI=1S/C19H19Cl2NO4S/c20-14-4-1-6-18(19(14)21)27(23,24)22-9-2-5-15(22)13-7-8-16-17(12-13)26-11-3-10-25-16/h1,4,6-8,12,15H,2-3,5,9-11H2/t15-/m1/s1. The number of sulfonamides is 1. The van der Waals surface area contributed by atoms with Gasteiger partial charge in [0.25, 0.3) is 0 Å². The van der Waals surface area contributed by atoms with Crippen LogP contribution in [-0.2, 0) is 10.0 Å². The number of hydrogen-bond acceptors (Lipinski definition) is 4. The second-order valence-electron chi connectivity index (χ2n) is 6.58. The van der Waals surface area contributed by atoms with Crippen LogP contribution in [0.1, 0.15) is 30.9 Å². The molecule has 5 nitrogen and oxygen atoms in total. The molecule has 1 atom stereocenters. The maximum absolute atomic E-state index is 13.3. The lowest BCUT2D eigenvalue weighted by Gasteiger charge is -2.25. The molecule has 0 saturated carbocycles. The topological polar surface area (TPSA) is 55.8 Å². The van der Waals surface area contributed by atoms with E-state index in [-0.39, 0.29) is 21.0 Å². The van der Waals surface area contributed by atoms with E-state index in [9.17, 15) is 8.42 Å². The highest BCUT2D eigenvalue weighted by Gasteiger charge is 2.37. The molecule has 8 heteroatoms. The van der Waals surface area contributed by atoms with E-state index >= 15 is 0 Å². The Labute approximate surface area is 168 Å². The molecule has 0 N–H and O–H groups in total. The largest absolute Gasteiger partial charge is 0.490 e. The first-order valence-corrected chi connectivity index (χ1v) is 11.0. The van der Waals surface area contributed by atoms with E-state index in [0.29, 0.717) is 31.3 Å². The summed E-state index contributed by atoms with van der Waals surface area (Å²) in [4.78, 5) is 0.0397. The van der Waals surface area contributed by atoms with Gasteiger partial charge in [-0.3, -0.25) is 0 Å². The normalized spacial score (nSPS) is 20.4. The molecule has 2 aromatic rings. The van der Waals surface area contributed by atoms with Crippen LogP contribution in [0.25, 0.3) is 0 Å². The predicted molar refractivity (Wildman–Crippen MR) is 104 cm³/mol. The zero-order chi connectivity index (χ0) is 19.0. The summed E-state index contributed by atoms with van der Waals surface area (Å²) >= 11 is 12.2. The van der Waals surface area contributed by atoms with Gasteiger partial charge in [-0.2, -0.15) is 4.31 Å². The number of rotatable bonds is 3. The Hall–Kier alpha value is -1.47. The van der Waals surface area contributed by atoms with Gasteiger partial charge in [-0.1, -0.05) is 35.3 Å².